The fourth-order valence-electron chi connectivity index (χ4n) is 23.2. The number of hydrogen-bond donors (Lipinski definition) is 24. The summed E-state index contributed by atoms with van der Waals surface area (Å²) in [7, 11) is 0. The van der Waals surface area contributed by atoms with Gasteiger partial charge in [-0.25, -0.2) is 0 Å². The Morgan fingerprint density at radius 1 is 0.500 bits per heavy atom. The van der Waals surface area contributed by atoms with Crippen LogP contribution in [0.4, 0.5) is 0 Å². The Morgan fingerprint density at radius 2 is 1.01 bits per heavy atom. The van der Waals surface area contributed by atoms with E-state index >= 15 is 4.79 Å². The number of ether oxygens (including phenoxy) is 19. The van der Waals surface area contributed by atoms with Gasteiger partial charge in [0.25, 0.3) is 5.91 Å². The lowest BCUT2D eigenvalue weighted by atomic mass is 9.33. The molecule has 47 nitrogen and oxygen atoms in total. The lowest BCUT2D eigenvalue weighted by Gasteiger charge is -2.71. The molecule has 0 radical (unpaired) electrons. The molecule has 4 saturated carbocycles. The molecule has 1 amide bonds. The number of aldehydes is 1. The van der Waals surface area contributed by atoms with Crippen LogP contribution in [-0.2, 0) is 109 Å². The summed E-state index contributed by atoms with van der Waals surface area (Å²) < 4.78 is 116. The number of hydrogen-bond acceptors (Lipinski definition) is 46. The molecule has 0 bridgehead atoms. The van der Waals surface area contributed by atoms with E-state index in [1.807, 2.05) is 0 Å². The number of nitrogens with one attached hydrogen (secondary N) is 1. The molecular weight excluding hydrogens is 1790 g/mol. The minimum atomic E-state index is -2.56. The predicted octanol–water partition coefficient (Wildman–Crippen LogP) is -8.70. The first-order valence-electron chi connectivity index (χ1n) is 46.1. The van der Waals surface area contributed by atoms with E-state index in [0.29, 0.717) is 44.9 Å². The number of allylic oxidation sites excluding steroid dienone is 2. The monoisotopic (exact) mass is 1940 g/mol. The molecule has 8 aliphatic heterocycles. The summed E-state index contributed by atoms with van der Waals surface area (Å²) in [6.07, 6.45) is -71.5. The van der Waals surface area contributed by atoms with E-state index in [0.717, 1.165) is 18.8 Å². The van der Waals surface area contributed by atoms with Gasteiger partial charge in [0.05, 0.1) is 93.1 Å². The lowest BCUT2D eigenvalue weighted by molar-refractivity contribution is -0.392. The van der Waals surface area contributed by atoms with Crippen LogP contribution in [0.3, 0.4) is 0 Å². The van der Waals surface area contributed by atoms with Crippen LogP contribution in [0.5, 0.6) is 0 Å². The normalized spacial score (nSPS) is 49.8. The van der Waals surface area contributed by atoms with Crippen molar-refractivity contribution in [2.24, 2.45) is 50.2 Å². The molecule has 13 aliphatic rings. The highest BCUT2D eigenvalue weighted by atomic mass is 16.8. The number of aliphatic hydroxyl groups excluding tert-OH is 22. The molecule has 49 atom stereocenters. The van der Waals surface area contributed by atoms with Gasteiger partial charge < -0.3 is 218 Å². The SMILES string of the molecule is CC(=O)OC1C(C)OC(OC2C(C)OC(OC(=O)[C@]34CCC(C)(C)CC3C3=CCC5[C@@]6(C)CC[C@H](OC7OC(C(=O)NC(C)(CO)CO)C(O)C(OC(OCC(C)O)C(O)O)C7OC7OC(CO)C(O)C(O)C7O)[C@@](C)(C=O)C6CC[C@@]5(C)[C@]3(C)CC4)C(OC3OC(C)C(OC4OCC(O)C(OC5OC(CO)C(O)C(O)C5O)C4O)C(O)C3O)C2O)C(O)C1OC1OCC(O)C(O)C1O. The Bertz CT molecular complexity index is 3950. The van der Waals surface area contributed by atoms with Crippen molar-refractivity contribution in [1.82, 2.24) is 5.32 Å². The molecule has 0 aromatic heterocycles. The second kappa shape index (κ2) is 42.3. The number of fused-ring (bicyclic) bond motifs is 7. The topological polar surface area (TPSA) is 721 Å². The highest BCUT2D eigenvalue weighted by molar-refractivity contribution is 5.82. The van der Waals surface area contributed by atoms with E-state index in [1.165, 1.54) is 34.6 Å². The third-order valence-electron chi connectivity index (χ3n) is 31.3. The van der Waals surface area contributed by atoms with Gasteiger partial charge in [0.1, 0.15) is 153 Å². The fraction of sp³-hybridized carbons (Fsp3) is 0.931. The first-order chi connectivity index (χ1) is 62.9. The van der Waals surface area contributed by atoms with Gasteiger partial charge in [-0.15, -0.1) is 0 Å². The Labute approximate surface area is 772 Å². The van der Waals surface area contributed by atoms with Crippen molar-refractivity contribution < 1.29 is 227 Å². The van der Waals surface area contributed by atoms with E-state index in [9.17, 15) is 132 Å². The minimum absolute atomic E-state index is 0.0540. The number of esters is 2. The quantitative estimate of drug-likeness (QED) is 0.0104. The van der Waals surface area contributed by atoms with Crippen molar-refractivity contribution in [1.29, 1.82) is 0 Å². The van der Waals surface area contributed by atoms with Gasteiger partial charge in [-0.1, -0.05) is 53.2 Å². The molecule has 8 saturated heterocycles. The smallest absolute Gasteiger partial charge is 0.315 e. The van der Waals surface area contributed by atoms with Gasteiger partial charge >= 0.3 is 11.9 Å². The number of rotatable bonds is 30. The van der Waals surface area contributed by atoms with Gasteiger partial charge in [0.2, 0.25) is 18.9 Å². The maximum atomic E-state index is 16.4. The van der Waals surface area contributed by atoms with Crippen molar-refractivity contribution in [3.8, 4) is 0 Å². The van der Waals surface area contributed by atoms with Crippen molar-refractivity contribution >= 4 is 24.1 Å². The Hall–Kier alpha value is -3.78. The summed E-state index contributed by atoms with van der Waals surface area (Å²) in [5, 5.41) is 257. The molecular formula is C87H141NO46. The minimum Gasteiger partial charge on any atom is -0.457 e. The van der Waals surface area contributed by atoms with Gasteiger partial charge in [-0.2, -0.15) is 0 Å². The Balaban J connectivity index is 0.788. The lowest BCUT2D eigenvalue weighted by Crippen LogP contribution is -2.69. The molecule has 47 heteroatoms. The maximum absolute atomic E-state index is 16.4. The van der Waals surface area contributed by atoms with Crippen molar-refractivity contribution in [2.75, 3.05) is 46.2 Å². The van der Waals surface area contributed by atoms with Crippen LogP contribution in [0.2, 0.25) is 0 Å². The molecule has 8 heterocycles. The number of carbonyl (C=O) groups excluding carboxylic acids is 4. The van der Waals surface area contributed by atoms with Crippen molar-refractivity contribution in [3.63, 3.8) is 0 Å². The van der Waals surface area contributed by atoms with Gasteiger partial charge in [-0.3, -0.25) is 14.4 Å². The molecule has 13 rings (SSSR count). The first kappa shape index (κ1) is 108. The zero-order valence-electron chi connectivity index (χ0n) is 76.8. The molecule has 12 fully saturated rings. The van der Waals surface area contributed by atoms with Crippen LogP contribution in [0.15, 0.2) is 11.6 Å². The molecule has 770 valence electrons. The fourth-order valence-corrected chi connectivity index (χ4v) is 23.2. The van der Waals surface area contributed by atoms with Gasteiger partial charge in [0.15, 0.2) is 62.3 Å². The Morgan fingerprint density at radius 3 is 1.59 bits per heavy atom. The molecule has 0 spiro atoms. The second-order valence-corrected chi connectivity index (χ2v) is 40.9. The van der Waals surface area contributed by atoms with E-state index in [4.69, 9.17) is 90.0 Å². The van der Waals surface area contributed by atoms with Crippen LogP contribution in [0.25, 0.3) is 0 Å². The summed E-state index contributed by atoms with van der Waals surface area (Å²) >= 11 is 0. The summed E-state index contributed by atoms with van der Waals surface area (Å²) in [6.45, 7) is 15.0. The molecule has 0 aromatic carbocycles. The molecule has 0 aromatic rings. The second-order valence-electron chi connectivity index (χ2n) is 40.9. The highest BCUT2D eigenvalue weighted by Crippen LogP contribution is 2.76. The zero-order valence-corrected chi connectivity index (χ0v) is 76.8. The van der Waals surface area contributed by atoms with Crippen LogP contribution >= 0.6 is 0 Å². The van der Waals surface area contributed by atoms with Crippen LogP contribution < -0.4 is 5.32 Å². The predicted molar refractivity (Wildman–Crippen MR) is 439 cm³/mol. The maximum Gasteiger partial charge on any atom is 0.315 e. The summed E-state index contributed by atoms with van der Waals surface area (Å²) in [6, 6.07) is 0. The van der Waals surface area contributed by atoms with Crippen LogP contribution in [-0.4, -0.2) is 452 Å². The largest absolute Gasteiger partial charge is 0.457 e. The molecule has 43 unspecified atom stereocenters. The summed E-state index contributed by atoms with van der Waals surface area (Å²) in [5.74, 6) is -4.19. The number of aliphatic hydroxyl groups is 23. The summed E-state index contributed by atoms with van der Waals surface area (Å²) in [5.41, 5.74) is -6.16. The van der Waals surface area contributed by atoms with E-state index in [-0.39, 0.29) is 25.2 Å². The Kier molecular flexibility index (Phi) is 33.9. The average molecular weight is 1940 g/mol. The highest BCUT2D eigenvalue weighted by Gasteiger charge is 2.72. The number of carbonyl (C=O) groups is 4. The standard InChI is InChI=1S/C87H141NO46/c1-32(94)26-116-79(70(113)114)130-64-57(109)66(69(112)88-82(8,29-91)30-92)131-78(68(64)133-75-54(106)50(102)48(100)42(25-90)124-75)125-45-16-17-83(9)43(84(45,10)31-93)15-18-86(12)44(83)14-13-37-38-23-81(6,7)19-21-87(38,22-20-85(37,86)11)80(115)134-77-67(56(108)61(34(3)121-77)127-76-59(111)65(62(35(4)120-76)122-36(5)95)129-71-52(104)46(98)39(96)27-117-71)132-73-55(107)51(103)60(33(2)119-73)126-72-58(110)63(40(97)28-118-72)128-74-53(105)49(101)47(99)41(24-89)123-74/h13,31-35,38-68,70-79,89-92,94,96-111,113-114H,14-30H2,1-12H3,(H,88,112)/t32?,33?,34?,35?,38?,39?,40?,41?,42?,43?,44?,45-,46?,47?,48?,49?,50?,51?,52?,53?,54?,55?,56?,57?,58?,59?,60?,61?,62?,63?,64?,65?,66?,67?,68?,71?,72?,73?,74?,75?,76?,77?,78?,79?,83-,84-,85+,86+,87-/m0/s1. The summed E-state index contributed by atoms with van der Waals surface area (Å²) in [4.78, 5) is 58.2. The third-order valence-corrected chi connectivity index (χ3v) is 31.3. The van der Waals surface area contributed by atoms with Crippen molar-refractivity contribution in [2.45, 2.75) is 411 Å². The van der Waals surface area contributed by atoms with Crippen LogP contribution in [0, 0.1) is 50.2 Å². The van der Waals surface area contributed by atoms with Crippen molar-refractivity contribution in [3.05, 3.63) is 11.6 Å². The van der Waals surface area contributed by atoms with Gasteiger partial charge in [0, 0.05) is 6.92 Å². The molecule has 134 heavy (non-hydrogen) atoms. The van der Waals surface area contributed by atoms with E-state index in [2.05, 4.69) is 46.0 Å². The van der Waals surface area contributed by atoms with E-state index in [1.54, 1.807) is 6.92 Å². The third kappa shape index (κ3) is 20.5. The van der Waals surface area contributed by atoms with Crippen LogP contribution in [0.1, 0.15) is 147 Å². The van der Waals surface area contributed by atoms with Gasteiger partial charge in [-0.05, 0) is 138 Å². The number of amides is 1. The average Bonchev–Trinajstić information content (AvgIpc) is 0.671. The zero-order chi connectivity index (χ0) is 98.4. The molecule has 5 aliphatic carbocycles. The first-order valence-corrected chi connectivity index (χ1v) is 46.1. The van der Waals surface area contributed by atoms with E-state index < -0.39 is 372 Å². The molecule has 24 N–H and O–H groups in total.